The second-order valence-corrected chi connectivity index (χ2v) is 8.49. The van der Waals surface area contributed by atoms with Crippen molar-refractivity contribution in [3.8, 4) is 5.75 Å². The molecule has 194 valence electrons. The van der Waals surface area contributed by atoms with Gasteiger partial charge in [-0.25, -0.2) is 13.8 Å². The standard InChI is InChI=1S/C26H23F5N4O2/c1-14-9-22(37-13-18-19(27)7-4-8-20(18)28)24-33-15(2)23(35(24)12-14)25(36)34-21(11-32)16-5-3-6-17(10-16)26(29,30)31/h3-10,12,21H,11,13,32H2,1-2H3,(H,34,36). The number of nitrogens with zero attached hydrogens (tertiary/aromatic N) is 2. The van der Waals surface area contributed by atoms with Crippen molar-refractivity contribution >= 4 is 11.6 Å². The number of rotatable bonds is 7. The van der Waals surface area contributed by atoms with E-state index in [1.807, 2.05) is 0 Å². The van der Waals surface area contributed by atoms with Gasteiger partial charge in [0.25, 0.3) is 5.91 Å². The zero-order valence-electron chi connectivity index (χ0n) is 19.9. The Morgan fingerprint density at radius 2 is 1.78 bits per heavy atom. The first-order valence-corrected chi connectivity index (χ1v) is 11.2. The molecule has 0 fully saturated rings. The number of pyridine rings is 1. The number of ether oxygens (including phenoxy) is 1. The predicted octanol–water partition coefficient (Wildman–Crippen LogP) is 5.26. The highest BCUT2D eigenvalue weighted by molar-refractivity contribution is 5.95. The number of benzene rings is 2. The Labute approximate surface area is 208 Å². The minimum absolute atomic E-state index is 0.117. The van der Waals surface area contributed by atoms with Crippen LogP contribution in [0.3, 0.4) is 0 Å². The van der Waals surface area contributed by atoms with Crippen LogP contribution < -0.4 is 15.8 Å². The molecule has 0 aliphatic rings. The number of nitrogens with one attached hydrogen (secondary N) is 1. The molecule has 1 atom stereocenters. The van der Waals surface area contributed by atoms with E-state index < -0.39 is 41.9 Å². The van der Waals surface area contributed by atoms with E-state index in [1.54, 1.807) is 26.1 Å². The van der Waals surface area contributed by atoms with E-state index in [2.05, 4.69) is 10.3 Å². The molecule has 0 aliphatic carbocycles. The maximum absolute atomic E-state index is 14.0. The van der Waals surface area contributed by atoms with Crippen LogP contribution in [0.1, 0.15) is 44.5 Å². The number of halogens is 5. The average Bonchev–Trinajstić information content (AvgIpc) is 3.17. The summed E-state index contributed by atoms with van der Waals surface area (Å²) in [5, 5.41) is 2.68. The van der Waals surface area contributed by atoms with Crippen LogP contribution in [0, 0.1) is 25.5 Å². The Balaban J connectivity index is 1.65. The van der Waals surface area contributed by atoms with Crippen molar-refractivity contribution in [1.29, 1.82) is 0 Å². The lowest BCUT2D eigenvalue weighted by atomic mass is 10.0. The molecule has 0 radical (unpaired) electrons. The molecule has 2 aromatic heterocycles. The number of imidazole rings is 1. The highest BCUT2D eigenvalue weighted by atomic mass is 19.4. The number of carbonyl (C=O) groups excluding carboxylic acids is 1. The van der Waals surface area contributed by atoms with E-state index in [9.17, 15) is 26.7 Å². The van der Waals surface area contributed by atoms with E-state index in [4.69, 9.17) is 10.5 Å². The minimum atomic E-state index is -4.54. The summed E-state index contributed by atoms with van der Waals surface area (Å²) in [5.41, 5.74) is 6.19. The fourth-order valence-electron chi connectivity index (χ4n) is 3.99. The molecule has 3 N–H and O–H groups in total. The fraction of sp³-hybridized carbons (Fsp3) is 0.231. The van der Waals surface area contributed by atoms with Crippen molar-refractivity contribution in [2.45, 2.75) is 32.7 Å². The predicted molar refractivity (Wildman–Crippen MR) is 126 cm³/mol. The zero-order valence-corrected chi connectivity index (χ0v) is 19.9. The Bertz CT molecular complexity index is 1450. The second kappa shape index (κ2) is 10.2. The number of aryl methyl sites for hydroxylation is 2. The first-order chi connectivity index (χ1) is 17.5. The van der Waals surface area contributed by atoms with Crippen LogP contribution in [0.2, 0.25) is 0 Å². The second-order valence-electron chi connectivity index (χ2n) is 8.49. The molecule has 0 spiro atoms. The molecule has 1 amide bonds. The summed E-state index contributed by atoms with van der Waals surface area (Å²) in [7, 11) is 0. The smallest absolute Gasteiger partial charge is 0.416 e. The molecule has 4 aromatic rings. The van der Waals surface area contributed by atoms with Gasteiger partial charge >= 0.3 is 6.18 Å². The Morgan fingerprint density at radius 3 is 2.43 bits per heavy atom. The van der Waals surface area contributed by atoms with Gasteiger partial charge < -0.3 is 15.8 Å². The van der Waals surface area contributed by atoms with Crippen LogP contribution in [0.25, 0.3) is 5.65 Å². The van der Waals surface area contributed by atoms with Crippen LogP contribution in [-0.2, 0) is 12.8 Å². The third-order valence-corrected chi connectivity index (χ3v) is 5.80. The van der Waals surface area contributed by atoms with Crippen molar-refractivity contribution in [3.63, 3.8) is 0 Å². The first kappa shape index (κ1) is 26.1. The molecule has 1 unspecified atom stereocenters. The maximum atomic E-state index is 14.0. The first-order valence-electron chi connectivity index (χ1n) is 11.2. The molecule has 2 aromatic carbocycles. The SMILES string of the molecule is Cc1cc(OCc2c(F)cccc2F)c2nc(C)c(C(=O)NC(CN)c3cccc(C(F)(F)F)c3)n2c1. The van der Waals surface area contributed by atoms with Crippen molar-refractivity contribution < 1.29 is 31.5 Å². The average molecular weight is 518 g/mol. The number of hydrogen-bond donors (Lipinski definition) is 2. The highest BCUT2D eigenvalue weighted by Crippen LogP contribution is 2.31. The summed E-state index contributed by atoms with van der Waals surface area (Å²) in [5.74, 6) is -1.94. The van der Waals surface area contributed by atoms with Gasteiger partial charge in [0.05, 0.1) is 22.9 Å². The van der Waals surface area contributed by atoms with Gasteiger partial charge in [-0.1, -0.05) is 18.2 Å². The van der Waals surface area contributed by atoms with Gasteiger partial charge in [0.1, 0.15) is 23.9 Å². The number of hydrogen-bond acceptors (Lipinski definition) is 4. The lowest BCUT2D eigenvalue weighted by molar-refractivity contribution is -0.137. The number of fused-ring (bicyclic) bond motifs is 1. The monoisotopic (exact) mass is 518 g/mol. The molecule has 37 heavy (non-hydrogen) atoms. The molecular formula is C26H23F5N4O2. The van der Waals surface area contributed by atoms with Crippen LogP contribution >= 0.6 is 0 Å². The Kier molecular flexibility index (Phi) is 7.17. The molecule has 2 heterocycles. The number of nitrogens with two attached hydrogens (primary N) is 1. The molecule has 11 heteroatoms. The summed E-state index contributed by atoms with van der Waals surface area (Å²) in [4.78, 5) is 17.7. The minimum Gasteiger partial charge on any atom is -0.485 e. The van der Waals surface area contributed by atoms with E-state index in [-0.39, 0.29) is 34.8 Å². The van der Waals surface area contributed by atoms with Crippen LogP contribution in [0.4, 0.5) is 22.0 Å². The zero-order chi connectivity index (χ0) is 26.9. The van der Waals surface area contributed by atoms with E-state index in [1.165, 1.54) is 22.6 Å². The van der Waals surface area contributed by atoms with Gasteiger partial charge in [0.2, 0.25) is 0 Å². The summed E-state index contributed by atoms with van der Waals surface area (Å²) in [6, 6.07) is 8.78. The Morgan fingerprint density at radius 1 is 1.11 bits per heavy atom. The Hall–Kier alpha value is -3.99. The van der Waals surface area contributed by atoms with Crippen LogP contribution in [0.15, 0.2) is 54.7 Å². The van der Waals surface area contributed by atoms with Gasteiger partial charge in [0, 0.05) is 12.7 Å². The van der Waals surface area contributed by atoms with Gasteiger partial charge in [-0.15, -0.1) is 0 Å². The van der Waals surface area contributed by atoms with Gasteiger partial charge in [-0.2, -0.15) is 13.2 Å². The molecule has 4 rings (SSSR count). The van der Waals surface area contributed by atoms with Crippen molar-refractivity contribution in [2.24, 2.45) is 5.73 Å². The number of alkyl halides is 3. The maximum Gasteiger partial charge on any atom is 0.416 e. The van der Waals surface area contributed by atoms with Crippen molar-refractivity contribution in [2.75, 3.05) is 6.54 Å². The van der Waals surface area contributed by atoms with Crippen molar-refractivity contribution in [1.82, 2.24) is 14.7 Å². The molecule has 6 nitrogen and oxygen atoms in total. The third-order valence-electron chi connectivity index (χ3n) is 5.80. The van der Waals surface area contributed by atoms with Crippen LogP contribution in [0.5, 0.6) is 5.75 Å². The van der Waals surface area contributed by atoms with E-state index >= 15 is 0 Å². The van der Waals surface area contributed by atoms with Gasteiger partial charge in [-0.3, -0.25) is 9.20 Å². The molecule has 0 bridgehead atoms. The summed E-state index contributed by atoms with van der Waals surface area (Å²) >= 11 is 0. The number of aromatic nitrogens is 2. The van der Waals surface area contributed by atoms with E-state index in [0.29, 0.717) is 11.3 Å². The number of amides is 1. The van der Waals surface area contributed by atoms with Gasteiger partial charge in [0.15, 0.2) is 11.4 Å². The largest absolute Gasteiger partial charge is 0.485 e. The molecule has 0 aliphatic heterocycles. The lowest BCUT2D eigenvalue weighted by Gasteiger charge is -2.19. The molecule has 0 saturated carbocycles. The van der Waals surface area contributed by atoms with Crippen molar-refractivity contribution in [3.05, 3.63) is 100 Å². The quantitative estimate of drug-likeness (QED) is 0.327. The lowest BCUT2D eigenvalue weighted by Crippen LogP contribution is -2.34. The summed E-state index contributed by atoms with van der Waals surface area (Å²) in [6.07, 6.45) is -2.92. The molecule has 0 saturated heterocycles. The van der Waals surface area contributed by atoms with Crippen LogP contribution in [-0.4, -0.2) is 21.8 Å². The third kappa shape index (κ3) is 5.41. The highest BCUT2D eigenvalue weighted by Gasteiger charge is 2.31. The molecular weight excluding hydrogens is 495 g/mol. The van der Waals surface area contributed by atoms with E-state index in [0.717, 1.165) is 24.3 Å². The van der Waals surface area contributed by atoms with Gasteiger partial charge in [-0.05, 0) is 55.3 Å². The topological polar surface area (TPSA) is 81.6 Å². The normalized spacial score (nSPS) is 12.5. The number of carbonyl (C=O) groups is 1. The summed E-state index contributed by atoms with van der Waals surface area (Å²) in [6.45, 7) is 2.76. The summed E-state index contributed by atoms with van der Waals surface area (Å²) < 4.78 is 74.7. The fourth-order valence-corrected chi connectivity index (χ4v) is 3.99.